The third kappa shape index (κ3) is 5.10. The molecule has 0 bridgehead atoms. The van der Waals surface area contributed by atoms with Crippen LogP contribution in [-0.2, 0) is 24.2 Å². The van der Waals surface area contributed by atoms with Gasteiger partial charge in [0, 0.05) is 49.9 Å². The van der Waals surface area contributed by atoms with E-state index >= 15 is 0 Å². The van der Waals surface area contributed by atoms with Gasteiger partial charge in [-0.15, -0.1) is 0 Å². The monoisotopic (exact) mass is 436 g/mol. The lowest BCUT2D eigenvalue weighted by molar-refractivity contribution is -0.146. The van der Waals surface area contributed by atoms with Crippen LogP contribution >= 0.6 is 0 Å². The fraction of sp³-hybridized carbons (Fsp3) is 0.545. The maximum absolute atomic E-state index is 13.2. The first kappa shape index (κ1) is 21.8. The van der Waals surface area contributed by atoms with Gasteiger partial charge in [-0.2, -0.15) is 18.3 Å². The number of halogens is 3. The number of hydrogen-bond donors (Lipinski definition) is 0. The molecule has 3 heterocycles. The Morgan fingerprint density at radius 1 is 1.16 bits per heavy atom. The molecule has 0 radical (unpaired) electrons. The van der Waals surface area contributed by atoms with Gasteiger partial charge in [0.2, 0.25) is 0 Å². The van der Waals surface area contributed by atoms with Crippen molar-refractivity contribution in [3.8, 4) is 0 Å². The van der Waals surface area contributed by atoms with Gasteiger partial charge in [-0.25, -0.2) is 0 Å². The van der Waals surface area contributed by atoms with E-state index in [0.29, 0.717) is 58.1 Å². The van der Waals surface area contributed by atoms with Crippen molar-refractivity contribution in [3.63, 3.8) is 0 Å². The molecule has 0 unspecified atom stereocenters. The largest absolute Gasteiger partial charge is 0.390 e. The number of amides is 1. The van der Waals surface area contributed by atoms with Crippen LogP contribution in [0, 0.1) is 0 Å². The van der Waals surface area contributed by atoms with E-state index in [1.807, 2.05) is 35.0 Å². The number of nitrogens with zero attached hydrogens (tertiary/aromatic N) is 4. The van der Waals surface area contributed by atoms with Crippen LogP contribution in [0.25, 0.3) is 0 Å². The zero-order chi connectivity index (χ0) is 22.0. The molecule has 1 aromatic heterocycles. The highest BCUT2D eigenvalue weighted by Crippen LogP contribution is 2.30. The molecule has 1 fully saturated rings. The van der Waals surface area contributed by atoms with Crippen molar-refractivity contribution >= 4 is 5.91 Å². The molecule has 0 saturated carbocycles. The van der Waals surface area contributed by atoms with Crippen molar-refractivity contribution in [1.82, 2.24) is 19.6 Å². The highest BCUT2D eigenvalue weighted by molar-refractivity contribution is 5.94. The van der Waals surface area contributed by atoms with Crippen LogP contribution in [0.3, 0.4) is 0 Å². The fourth-order valence-corrected chi connectivity index (χ4v) is 4.33. The van der Waals surface area contributed by atoms with Crippen molar-refractivity contribution < 1.29 is 22.7 Å². The van der Waals surface area contributed by atoms with Crippen molar-refractivity contribution in [2.75, 3.05) is 32.8 Å². The van der Waals surface area contributed by atoms with E-state index in [1.165, 1.54) is 0 Å². The summed E-state index contributed by atoms with van der Waals surface area (Å²) in [6, 6.07) is 9.18. The van der Waals surface area contributed by atoms with Crippen LogP contribution in [0.15, 0.2) is 30.3 Å². The number of rotatable bonds is 5. The van der Waals surface area contributed by atoms with Gasteiger partial charge >= 0.3 is 6.18 Å². The molecular formula is C22H27F3N4O2. The minimum Gasteiger partial charge on any atom is -0.378 e. The Morgan fingerprint density at radius 3 is 2.55 bits per heavy atom. The number of aromatic nitrogens is 2. The number of alkyl halides is 3. The molecule has 0 aliphatic carbocycles. The predicted molar refractivity (Wildman–Crippen MR) is 109 cm³/mol. The van der Waals surface area contributed by atoms with Gasteiger partial charge < -0.3 is 9.64 Å². The molecule has 168 valence electrons. The number of carbonyl (C=O) groups is 1. The molecule has 1 amide bonds. The summed E-state index contributed by atoms with van der Waals surface area (Å²) < 4.78 is 46.0. The standard InChI is InChI=1S/C22H27F3N4O2/c1-16(13-22(23,24)25)28-8-7-19-18(15-28)20(21(30)27-9-11-31-12-10-27)26-29(19)14-17-5-3-2-4-6-17/h2-6,16H,7-15H2,1H3/t16-/m1/s1. The molecule has 0 spiro atoms. The second-order valence-corrected chi connectivity index (χ2v) is 8.21. The summed E-state index contributed by atoms with van der Waals surface area (Å²) in [5.74, 6) is -0.170. The maximum atomic E-state index is 13.2. The van der Waals surface area contributed by atoms with Gasteiger partial charge in [-0.1, -0.05) is 30.3 Å². The highest BCUT2D eigenvalue weighted by Gasteiger charge is 2.36. The Morgan fingerprint density at radius 2 is 1.87 bits per heavy atom. The van der Waals surface area contributed by atoms with Gasteiger partial charge in [-0.3, -0.25) is 14.4 Å². The molecule has 2 aliphatic heterocycles. The van der Waals surface area contributed by atoms with Crippen molar-refractivity contribution in [2.45, 2.75) is 45.1 Å². The van der Waals surface area contributed by atoms with E-state index in [9.17, 15) is 18.0 Å². The molecule has 31 heavy (non-hydrogen) atoms. The molecule has 1 atom stereocenters. The normalized spacial score (nSPS) is 18.6. The van der Waals surface area contributed by atoms with Gasteiger partial charge in [0.25, 0.3) is 5.91 Å². The van der Waals surface area contributed by atoms with E-state index in [0.717, 1.165) is 16.8 Å². The topological polar surface area (TPSA) is 50.6 Å². The smallest absolute Gasteiger partial charge is 0.378 e. The van der Waals surface area contributed by atoms with Crippen LogP contribution < -0.4 is 0 Å². The molecule has 2 aliphatic rings. The molecule has 0 N–H and O–H groups in total. The summed E-state index contributed by atoms with van der Waals surface area (Å²) in [4.78, 5) is 16.8. The minimum absolute atomic E-state index is 0.170. The Bertz CT molecular complexity index is 907. The highest BCUT2D eigenvalue weighted by atomic mass is 19.4. The first-order valence-corrected chi connectivity index (χ1v) is 10.6. The number of fused-ring (bicyclic) bond motifs is 1. The van der Waals surface area contributed by atoms with Crippen molar-refractivity contribution in [3.05, 3.63) is 52.8 Å². The first-order chi connectivity index (χ1) is 14.8. The SMILES string of the molecule is C[C@H](CC(F)(F)F)N1CCc2c(c(C(=O)N3CCOCC3)nn2Cc2ccccc2)C1. The predicted octanol–water partition coefficient (Wildman–Crippen LogP) is 3.10. The van der Waals surface area contributed by atoms with Crippen LogP contribution in [0.5, 0.6) is 0 Å². The van der Waals surface area contributed by atoms with Crippen LogP contribution in [0.1, 0.15) is 40.7 Å². The number of benzene rings is 1. The molecule has 4 rings (SSSR count). The Kier molecular flexibility index (Phi) is 6.34. The van der Waals surface area contributed by atoms with Crippen LogP contribution in [0.4, 0.5) is 13.2 Å². The number of ether oxygens (including phenoxy) is 1. The van der Waals surface area contributed by atoms with E-state index in [4.69, 9.17) is 4.74 Å². The number of carbonyl (C=O) groups excluding carboxylic acids is 1. The average Bonchev–Trinajstić information content (AvgIpc) is 3.11. The van der Waals surface area contributed by atoms with E-state index < -0.39 is 18.6 Å². The third-order valence-electron chi connectivity index (χ3n) is 5.99. The lowest BCUT2D eigenvalue weighted by atomic mass is 10.0. The first-order valence-electron chi connectivity index (χ1n) is 10.6. The lowest BCUT2D eigenvalue weighted by Crippen LogP contribution is -2.43. The summed E-state index contributed by atoms with van der Waals surface area (Å²) in [5, 5.41) is 4.67. The molecule has 2 aromatic rings. The van der Waals surface area contributed by atoms with E-state index in [-0.39, 0.29) is 5.91 Å². The van der Waals surface area contributed by atoms with Gasteiger partial charge in [0.1, 0.15) is 0 Å². The second kappa shape index (κ2) is 9.00. The lowest BCUT2D eigenvalue weighted by Gasteiger charge is -2.33. The molecule has 1 aromatic carbocycles. The van der Waals surface area contributed by atoms with Crippen molar-refractivity contribution in [2.24, 2.45) is 0 Å². The quantitative estimate of drug-likeness (QED) is 0.723. The summed E-state index contributed by atoms with van der Waals surface area (Å²) in [6.07, 6.45) is -4.52. The number of hydrogen-bond acceptors (Lipinski definition) is 4. The van der Waals surface area contributed by atoms with Gasteiger partial charge in [-0.05, 0) is 12.5 Å². The number of morpholine rings is 1. The molecular weight excluding hydrogens is 409 g/mol. The summed E-state index contributed by atoms with van der Waals surface area (Å²) in [5.41, 5.74) is 3.12. The zero-order valence-corrected chi connectivity index (χ0v) is 17.6. The molecule has 1 saturated heterocycles. The van der Waals surface area contributed by atoms with Gasteiger partial charge in [0.15, 0.2) is 5.69 Å². The molecule has 9 heteroatoms. The van der Waals surface area contributed by atoms with Gasteiger partial charge in [0.05, 0.1) is 26.2 Å². The summed E-state index contributed by atoms with van der Waals surface area (Å²) in [6.45, 7) is 4.87. The third-order valence-corrected chi connectivity index (χ3v) is 5.99. The maximum Gasteiger partial charge on any atom is 0.390 e. The summed E-state index contributed by atoms with van der Waals surface area (Å²) >= 11 is 0. The zero-order valence-electron chi connectivity index (χ0n) is 17.6. The minimum atomic E-state index is -4.22. The molecule has 6 nitrogen and oxygen atoms in total. The van der Waals surface area contributed by atoms with E-state index in [2.05, 4.69) is 5.10 Å². The Labute approximate surface area is 179 Å². The Balaban J connectivity index is 1.63. The van der Waals surface area contributed by atoms with Crippen molar-refractivity contribution in [1.29, 1.82) is 0 Å². The Hall–Kier alpha value is -2.39. The van der Waals surface area contributed by atoms with E-state index in [1.54, 1.807) is 16.7 Å². The summed E-state index contributed by atoms with van der Waals surface area (Å²) in [7, 11) is 0. The van der Waals surface area contributed by atoms with Crippen LogP contribution in [-0.4, -0.2) is 70.6 Å². The second-order valence-electron chi connectivity index (χ2n) is 8.21. The fourth-order valence-electron chi connectivity index (χ4n) is 4.33. The van der Waals surface area contributed by atoms with Crippen LogP contribution in [0.2, 0.25) is 0 Å². The average molecular weight is 436 g/mol.